The molecule has 0 bridgehead atoms. The molecule has 0 aliphatic rings. The van der Waals surface area contributed by atoms with Crippen molar-refractivity contribution < 1.29 is 18.3 Å². The van der Waals surface area contributed by atoms with Gasteiger partial charge in [0.1, 0.15) is 6.04 Å². The van der Waals surface area contributed by atoms with Gasteiger partial charge in [-0.3, -0.25) is 4.79 Å². The number of rotatable bonds is 6. The molecule has 1 aromatic carbocycles. The second kappa shape index (κ2) is 5.97. The monoisotopic (exact) mass is 271 g/mol. The number of hydrogen-bond acceptors (Lipinski definition) is 3. The molecule has 0 unspecified atom stereocenters. The van der Waals surface area contributed by atoms with Crippen LogP contribution >= 0.6 is 0 Å². The molecule has 0 aromatic heterocycles. The molecule has 0 heterocycles. The van der Waals surface area contributed by atoms with Crippen LogP contribution in [0.2, 0.25) is 0 Å². The van der Waals surface area contributed by atoms with Crippen molar-refractivity contribution in [2.75, 3.05) is 0 Å². The van der Waals surface area contributed by atoms with Crippen LogP contribution in [0.3, 0.4) is 0 Å². The lowest BCUT2D eigenvalue weighted by atomic mass is 10.0. The molecule has 2 atom stereocenters. The van der Waals surface area contributed by atoms with Crippen molar-refractivity contribution in [3.63, 3.8) is 0 Å². The highest BCUT2D eigenvalue weighted by Crippen LogP contribution is 2.13. The normalized spacial score (nSPS) is 15.0. The van der Waals surface area contributed by atoms with Crippen LogP contribution < -0.4 is 4.72 Å². The average molecular weight is 271 g/mol. The van der Waals surface area contributed by atoms with Crippen molar-refractivity contribution in [3.8, 4) is 0 Å². The van der Waals surface area contributed by atoms with Crippen molar-refractivity contribution >= 4 is 16.0 Å². The van der Waals surface area contributed by atoms with Crippen molar-refractivity contribution in [2.24, 2.45) is 5.92 Å². The number of carboxylic acid groups (broad SMARTS) is 1. The molecule has 1 rings (SSSR count). The molecule has 2 N–H and O–H groups in total. The molecule has 0 saturated carbocycles. The molecule has 0 fully saturated rings. The van der Waals surface area contributed by atoms with Crippen molar-refractivity contribution in [1.82, 2.24) is 4.72 Å². The van der Waals surface area contributed by atoms with Gasteiger partial charge in [0.15, 0.2) is 0 Å². The lowest BCUT2D eigenvalue weighted by molar-refractivity contribution is -0.140. The van der Waals surface area contributed by atoms with Crippen molar-refractivity contribution in [2.45, 2.75) is 31.2 Å². The summed E-state index contributed by atoms with van der Waals surface area (Å²) in [5, 5.41) is 9.06. The summed E-state index contributed by atoms with van der Waals surface area (Å²) in [6.45, 7) is 3.52. The Morgan fingerprint density at radius 1 is 1.33 bits per heavy atom. The first-order chi connectivity index (χ1) is 8.38. The van der Waals surface area contributed by atoms with Crippen molar-refractivity contribution in [1.29, 1.82) is 0 Å². The largest absolute Gasteiger partial charge is 0.480 e. The van der Waals surface area contributed by atoms with E-state index in [4.69, 9.17) is 5.11 Å². The Morgan fingerprint density at radius 2 is 1.89 bits per heavy atom. The van der Waals surface area contributed by atoms with Crippen LogP contribution in [0.5, 0.6) is 0 Å². The summed E-state index contributed by atoms with van der Waals surface area (Å²) in [5.74, 6) is -1.44. The van der Waals surface area contributed by atoms with E-state index in [1.165, 1.54) is 12.1 Å². The Kier molecular flexibility index (Phi) is 4.86. The van der Waals surface area contributed by atoms with Gasteiger partial charge in [-0.25, -0.2) is 8.42 Å². The fraction of sp³-hybridized carbons (Fsp3) is 0.417. The fourth-order valence-electron chi connectivity index (χ4n) is 1.48. The highest BCUT2D eigenvalue weighted by Gasteiger charge is 2.29. The van der Waals surface area contributed by atoms with E-state index in [9.17, 15) is 13.2 Å². The summed E-state index contributed by atoms with van der Waals surface area (Å²) in [7, 11) is -3.79. The van der Waals surface area contributed by atoms with Crippen LogP contribution in [0.1, 0.15) is 20.3 Å². The van der Waals surface area contributed by atoms with Gasteiger partial charge >= 0.3 is 5.97 Å². The first-order valence-electron chi connectivity index (χ1n) is 5.68. The van der Waals surface area contributed by atoms with Crippen LogP contribution in [0, 0.1) is 5.92 Å². The van der Waals surface area contributed by atoms with E-state index in [0.29, 0.717) is 6.42 Å². The lowest BCUT2D eigenvalue weighted by Gasteiger charge is -2.20. The van der Waals surface area contributed by atoms with Gasteiger partial charge in [-0.05, 0) is 18.1 Å². The summed E-state index contributed by atoms with van der Waals surface area (Å²) >= 11 is 0. The number of sulfonamides is 1. The summed E-state index contributed by atoms with van der Waals surface area (Å²) in [4.78, 5) is 11.2. The minimum Gasteiger partial charge on any atom is -0.480 e. The second-order valence-corrected chi connectivity index (χ2v) is 5.85. The fourth-order valence-corrected chi connectivity index (χ4v) is 2.80. The maximum atomic E-state index is 12.0. The molecule has 1 aromatic rings. The predicted octanol–water partition coefficient (Wildman–Crippen LogP) is 1.46. The van der Waals surface area contributed by atoms with E-state index in [1.807, 2.05) is 6.92 Å². The van der Waals surface area contributed by atoms with Gasteiger partial charge in [-0.1, -0.05) is 38.5 Å². The molecule has 0 saturated heterocycles. The third-order valence-corrected chi connectivity index (χ3v) is 4.27. The van der Waals surface area contributed by atoms with E-state index in [2.05, 4.69) is 4.72 Å². The first kappa shape index (κ1) is 14.7. The highest BCUT2D eigenvalue weighted by atomic mass is 32.2. The molecule has 100 valence electrons. The molecule has 0 aliphatic heterocycles. The van der Waals surface area contributed by atoms with Gasteiger partial charge in [0.05, 0.1) is 4.90 Å². The van der Waals surface area contributed by atoms with Crippen LogP contribution in [-0.4, -0.2) is 25.5 Å². The summed E-state index contributed by atoms with van der Waals surface area (Å²) < 4.78 is 26.2. The van der Waals surface area contributed by atoms with Crippen LogP contribution in [0.25, 0.3) is 0 Å². The molecule has 6 heteroatoms. The van der Waals surface area contributed by atoms with Gasteiger partial charge in [-0.15, -0.1) is 0 Å². The van der Waals surface area contributed by atoms with Crippen LogP contribution in [0.15, 0.2) is 35.2 Å². The van der Waals surface area contributed by atoms with E-state index in [-0.39, 0.29) is 10.8 Å². The average Bonchev–Trinajstić information content (AvgIpc) is 2.36. The Balaban J connectivity index is 2.97. The van der Waals surface area contributed by atoms with Gasteiger partial charge < -0.3 is 5.11 Å². The molecule has 0 aliphatic carbocycles. The molecule has 5 nitrogen and oxygen atoms in total. The Labute approximate surface area is 107 Å². The van der Waals surface area contributed by atoms with Gasteiger partial charge in [0, 0.05) is 0 Å². The van der Waals surface area contributed by atoms with Crippen molar-refractivity contribution in [3.05, 3.63) is 30.3 Å². The van der Waals surface area contributed by atoms with Crippen LogP contribution in [-0.2, 0) is 14.8 Å². The topological polar surface area (TPSA) is 83.5 Å². The Morgan fingerprint density at radius 3 is 2.33 bits per heavy atom. The maximum Gasteiger partial charge on any atom is 0.322 e. The predicted molar refractivity (Wildman–Crippen MR) is 67.6 cm³/mol. The quantitative estimate of drug-likeness (QED) is 0.820. The lowest BCUT2D eigenvalue weighted by Crippen LogP contribution is -2.44. The number of aliphatic carboxylic acids is 1. The molecule has 0 radical (unpaired) electrons. The van der Waals surface area contributed by atoms with Gasteiger partial charge in [0.2, 0.25) is 10.0 Å². The number of carboxylic acids is 1. The zero-order valence-electron chi connectivity index (χ0n) is 10.3. The summed E-state index contributed by atoms with van der Waals surface area (Å²) in [5.41, 5.74) is 0. The summed E-state index contributed by atoms with van der Waals surface area (Å²) in [6.07, 6.45) is 0.578. The van der Waals surface area contributed by atoms with Gasteiger partial charge in [0.25, 0.3) is 0 Å². The minimum absolute atomic E-state index is 0.0690. The second-order valence-electron chi connectivity index (χ2n) is 4.14. The zero-order valence-corrected chi connectivity index (χ0v) is 11.1. The molecule has 0 spiro atoms. The summed E-state index contributed by atoms with van der Waals surface area (Å²) in [6, 6.07) is 6.62. The number of carbonyl (C=O) groups is 1. The Bertz CT molecular complexity index is 498. The molecular weight excluding hydrogens is 254 g/mol. The van der Waals surface area contributed by atoms with Gasteiger partial charge in [-0.2, -0.15) is 4.72 Å². The standard InChI is InChI=1S/C12H17NO4S/c1-3-9(2)11(12(14)15)13-18(16,17)10-7-5-4-6-8-10/h4-9,11,13H,3H2,1-2H3,(H,14,15)/t9-,11-/m1/s1. The number of hydrogen-bond donors (Lipinski definition) is 2. The smallest absolute Gasteiger partial charge is 0.322 e. The third-order valence-electron chi connectivity index (χ3n) is 2.81. The maximum absolute atomic E-state index is 12.0. The molecular formula is C12H17NO4S. The van der Waals surface area contributed by atoms with E-state index < -0.39 is 22.0 Å². The van der Waals surface area contributed by atoms with E-state index in [0.717, 1.165) is 0 Å². The SMILES string of the molecule is CC[C@@H](C)[C@@H](NS(=O)(=O)c1ccccc1)C(=O)O. The third kappa shape index (κ3) is 3.54. The Hall–Kier alpha value is -1.40. The number of benzene rings is 1. The molecule has 0 amide bonds. The first-order valence-corrected chi connectivity index (χ1v) is 7.17. The van der Waals surface area contributed by atoms with E-state index >= 15 is 0 Å². The number of nitrogens with one attached hydrogen (secondary N) is 1. The highest BCUT2D eigenvalue weighted by molar-refractivity contribution is 7.89. The zero-order chi connectivity index (χ0) is 13.8. The molecule has 18 heavy (non-hydrogen) atoms. The van der Waals surface area contributed by atoms with Crippen LogP contribution in [0.4, 0.5) is 0 Å². The van der Waals surface area contributed by atoms with E-state index in [1.54, 1.807) is 25.1 Å². The minimum atomic E-state index is -3.79.